The standard InChI is InChI=1S/C22H17BrN4O3S4/c23-14-5-3-4-13(10-14)11-17-20(30)27(22(31)34-17)9-8-18(28)25-26-19(29)12-32-21-24-15-6-1-2-7-16(15)33-21/h1-7,10-11H,8-9,12H2,(H,25,28)(H,26,29)/b17-11-. The molecule has 1 aliphatic rings. The third-order valence-electron chi connectivity index (χ3n) is 4.52. The lowest BCUT2D eigenvalue weighted by Gasteiger charge is -2.14. The second-order valence-corrected chi connectivity index (χ2v) is 11.8. The quantitative estimate of drug-likeness (QED) is 0.179. The van der Waals surface area contributed by atoms with Crippen molar-refractivity contribution in [3.05, 3.63) is 63.5 Å². The van der Waals surface area contributed by atoms with Crippen molar-refractivity contribution in [3.8, 4) is 0 Å². The Labute approximate surface area is 221 Å². The molecular weight excluding hydrogens is 576 g/mol. The van der Waals surface area contributed by atoms with E-state index in [2.05, 4.69) is 31.8 Å². The van der Waals surface area contributed by atoms with Gasteiger partial charge in [0.05, 0.1) is 20.9 Å². The maximum absolute atomic E-state index is 12.7. The van der Waals surface area contributed by atoms with Crippen LogP contribution in [-0.2, 0) is 14.4 Å². The van der Waals surface area contributed by atoms with E-state index in [1.165, 1.54) is 39.8 Å². The lowest BCUT2D eigenvalue weighted by molar-refractivity contribution is -0.128. The second-order valence-electron chi connectivity index (χ2n) is 6.97. The molecule has 3 amide bonds. The van der Waals surface area contributed by atoms with Crippen LogP contribution in [0.15, 0.2) is 62.2 Å². The number of aromatic nitrogens is 1. The van der Waals surface area contributed by atoms with Crippen molar-refractivity contribution in [1.82, 2.24) is 20.7 Å². The summed E-state index contributed by atoms with van der Waals surface area (Å²) < 4.78 is 3.15. The first kappa shape index (κ1) is 24.9. The van der Waals surface area contributed by atoms with E-state index in [-0.39, 0.29) is 30.5 Å². The molecule has 1 aromatic heterocycles. The molecule has 2 heterocycles. The minimum absolute atomic E-state index is 0.00188. The van der Waals surface area contributed by atoms with Gasteiger partial charge in [-0.1, -0.05) is 75.9 Å². The van der Waals surface area contributed by atoms with Gasteiger partial charge in [0.1, 0.15) is 4.32 Å². The number of hydrogen-bond donors (Lipinski definition) is 2. The van der Waals surface area contributed by atoms with Crippen LogP contribution >= 0.6 is 63.0 Å². The summed E-state index contributed by atoms with van der Waals surface area (Å²) in [5.74, 6) is -0.877. The number of nitrogens with zero attached hydrogens (tertiary/aromatic N) is 2. The molecule has 2 aromatic carbocycles. The third kappa shape index (κ3) is 6.45. The van der Waals surface area contributed by atoms with Crippen LogP contribution in [0.1, 0.15) is 12.0 Å². The monoisotopic (exact) mass is 592 g/mol. The number of thiazole rings is 1. The number of para-hydroxylation sites is 1. The number of hydrazine groups is 1. The van der Waals surface area contributed by atoms with Gasteiger partial charge in [-0.05, 0) is 35.9 Å². The van der Waals surface area contributed by atoms with Crippen molar-refractivity contribution in [2.24, 2.45) is 0 Å². The van der Waals surface area contributed by atoms with E-state index in [0.717, 1.165) is 24.6 Å². The molecule has 0 spiro atoms. The summed E-state index contributed by atoms with van der Waals surface area (Å²) in [6.45, 7) is 0.128. The second kappa shape index (κ2) is 11.5. The highest BCUT2D eigenvalue weighted by molar-refractivity contribution is 9.10. The fourth-order valence-corrected chi connectivity index (χ4v) is 6.53. The Morgan fingerprint density at radius 2 is 1.94 bits per heavy atom. The number of carbonyl (C=O) groups is 3. The normalized spacial score (nSPS) is 14.7. The fourth-order valence-electron chi connectivity index (χ4n) is 2.93. The molecule has 0 saturated carbocycles. The van der Waals surface area contributed by atoms with Gasteiger partial charge in [0.15, 0.2) is 4.34 Å². The van der Waals surface area contributed by atoms with E-state index in [4.69, 9.17) is 12.2 Å². The molecule has 12 heteroatoms. The van der Waals surface area contributed by atoms with Crippen LogP contribution in [-0.4, -0.2) is 44.2 Å². The number of nitrogens with one attached hydrogen (secondary N) is 2. The lowest BCUT2D eigenvalue weighted by Crippen LogP contribution is -2.43. The highest BCUT2D eigenvalue weighted by atomic mass is 79.9. The highest BCUT2D eigenvalue weighted by Crippen LogP contribution is 2.33. The molecular formula is C22H17BrN4O3S4. The minimum atomic E-state index is -0.414. The summed E-state index contributed by atoms with van der Waals surface area (Å²) in [6.07, 6.45) is 1.77. The molecule has 34 heavy (non-hydrogen) atoms. The minimum Gasteiger partial charge on any atom is -0.292 e. The van der Waals surface area contributed by atoms with Gasteiger partial charge in [0.25, 0.3) is 5.91 Å². The van der Waals surface area contributed by atoms with Gasteiger partial charge in [-0.2, -0.15) is 0 Å². The van der Waals surface area contributed by atoms with Crippen LogP contribution in [0.4, 0.5) is 0 Å². The van der Waals surface area contributed by atoms with Crippen LogP contribution < -0.4 is 10.9 Å². The molecule has 7 nitrogen and oxygen atoms in total. The maximum atomic E-state index is 12.7. The number of hydrogen-bond acceptors (Lipinski definition) is 8. The number of thioether (sulfide) groups is 2. The van der Waals surface area contributed by atoms with Crippen molar-refractivity contribution < 1.29 is 14.4 Å². The Morgan fingerprint density at radius 1 is 1.15 bits per heavy atom. The zero-order chi connectivity index (χ0) is 24.1. The summed E-state index contributed by atoms with van der Waals surface area (Å²) in [7, 11) is 0. The van der Waals surface area contributed by atoms with Crippen LogP contribution in [0, 0.1) is 0 Å². The first-order chi connectivity index (χ1) is 16.4. The maximum Gasteiger partial charge on any atom is 0.266 e. The third-order valence-corrected chi connectivity index (χ3v) is 8.58. The highest BCUT2D eigenvalue weighted by Gasteiger charge is 2.32. The summed E-state index contributed by atoms with van der Waals surface area (Å²) in [5, 5.41) is 0. The van der Waals surface area contributed by atoms with Crippen LogP contribution in [0.5, 0.6) is 0 Å². The summed E-state index contributed by atoms with van der Waals surface area (Å²) in [4.78, 5) is 43.3. The molecule has 174 valence electrons. The molecule has 1 saturated heterocycles. The predicted octanol–water partition coefficient (Wildman–Crippen LogP) is 4.59. The van der Waals surface area contributed by atoms with Gasteiger partial charge in [0.2, 0.25) is 11.8 Å². The molecule has 0 aliphatic carbocycles. The van der Waals surface area contributed by atoms with Gasteiger partial charge in [0, 0.05) is 17.4 Å². The number of halogens is 1. The number of benzene rings is 2. The van der Waals surface area contributed by atoms with E-state index in [1.807, 2.05) is 48.5 Å². The van der Waals surface area contributed by atoms with Crippen molar-refractivity contribution >= 4 is 101 Å². The van der Waals surface area contributed by atoms with Crippen LogP contribution in [0.2, 0.25) is 0 Å². The molecule has 0 radical (unpaired) electrons. The van der Waals surface area contributed by atoms with E-state index < -0.39 is 5.91 Å². The molecule has 0 bridgehead atoms. The molecule has 1 aliphatic heterocycles. The molecule has 2 N–H and O–H groups in total. The molecule has 3 aromatic rings. The Balaban J connectivity index is 1.21. The van der Waals surface area contributed by atoms with Gasteiger partial charge in [-0.3, -0.25) is 30.1 Å². The van der Waals surface area contributed by atoms with E-state index in [9.17, 15) is 14.4 Å². The van der Waals surface area contributed by atoms with E-state index in [0.29, 0.717) is 9.23 Å². The van der Waals surface area contributed by atoms with Crippen LogP contribution in [0.25, 0.3) is 16.3 Å². The predicted molar refractivity (Wildman–Crippen MR) is 145 cm³/mol. The average molecular weight is 594 g/mol. The smallest absolute Gasteiger partial charge is 0.266 e. The Hall–Kier alpha value is -2.25. The lowest BCUT2D eigenvalue weighted by atomic mass is 10.2. The number of rotatable bonds is 7. The Bertz CT molecular complexity index is 1280. The zero-order valence-electron chi connectivity index (χ0n) is 17.4. The molecule has 0 unspecified atom stereocenters. The Morgan fingerprint density at radius 3 is 2.74 bits per heavy atom. The fraction of sp³-hybridized carbons (Fsp3) is 0.136. The number of carbonyl (C=O) groups excluding carboxylic acids is 3. The molecule has 4 rings (SSSR count). The summed E-state index contributed by atoms with van der Waals surface area (Å²) in [5.41, 5.74) is 6.54. The Kier molecular flexibility index (Phi) is 8.37. The van der Waals surface area contributed by atoms with E-state index in [1.54, 1.807) is 6.08 Å². The van der Waals surface area contributed by atoms with Crippen LogP contribution in [0.3, 0.4) is 0 Å². The van der Waals surface area contributed by atoms with Gasteiger partial charge >= 0.3 is 0 Å². The van der Waals surface area contributed by atoms with Gasteiger partial charge in [-0.15, -0.1) is 11.3 Å². The average Bonchev–Trinajstić information content (AvgIpc) is 3.35. The van der Waals surface area contributed by atoms with Crippen molar-refractivity contribution in [2.45, 2.75) is 10.8 Å². The summed E-state index contributed by atoms with van der Waals surface area (Å²) >= 11 is 12.7. The zero-order valence-corrected chi connectivity index (χ0v) is 22.3. The number of fused-ring (bicyclic) bond motifs is 1. The van der Waals surface area contributed by atoms with Crippen molar-refractivity contribution in [2.75, 3.05) is 12.3 Å². The van der Waals surface area contributed by atoms with Gasteiger partial charge in [-0.25, -0.2) is 4.98 Å². The molecule has 1 fully saturated rings. The largest absolute Gasteiger partial charge is 0.292 e. The SMILES string of the molecule is O=C(CCN1C(=O)/C(=C/c2cccc(Br)c2)SC1=S)NNC(=O)CSc1nc2ccccc2s1. The number of thiocarbonyl (C=S) groups is 1. The van der Waals surface area contributed by atoms with Crippen molar-refractivity contribution in [1.29, 1.82) is 0 Å². The van der Waals surface area contributed by atoms with Gasteiger partial charge < -0.3 is 0 Å². The summed E-state index contributed by atoms with van der Waals surface area (Å²) in [6, 6.07) is 15.3. The van der Waals surface area contributed by atoms with Crippen molar-refractivity contribution in [3.63, 3.8) is 0 Å². The first-order valence-corrected chi connectivity index (χ1v) is 13.8. The topological polar surface area (TPSA) is 91.4 Å². The first-order valence-electron chi connectivity index (χ1n) is 9.96. The van der Waals surface area contributed by atoms with E-state index >= 15 is 0 Å². The molecule has 0 atom stereocenters. The number of amides is 3.